The van der Waals surface area contributed by atoms with Crippen LogP contribution in [0.4, 0.5) is 0 Å². The van der Waals surface area contributed by atoms with Gasteiger partial charge < -0.3 is 10.6 Å². The largest absolute Gasteiger partial charge is 0.349 e. The molecule has 6 heteroatoms. The van der Waals surface area contributed by atoms with Crippen LogP contribution in [-0.2, 0) is 12.8 Å². The first kappa shape index (κ1) is 36.6. The molecule has 0 atom stereocenters. The van der Waals surface area contributed by atoms with Gasteiger partial charge in [0.2, 0.25) is 0 Å². The normalized spacial score (nSPS) is 20.0. The number of carbonyl (C=O) groups is 2. The zero-order valence-corrected chi connectivity index (χ0v) is 32.2. The van der Waals surface area contributed by atoms with E-state index in [1.54, 1.807) is 0 Å². The molecule has 2 amide bonds. The van der Waals surface area contributed by atoms with Gasteiger partial charge in [0, 0.05) is 34.0 Å². The van der Waals surface area contributed by atoms with Crippen molar-refractivity contribution < 1.29 is 9.59 Å². The van der Waals surface area contributed by atoms with Crippen molar-refractivity contribution in [2.75, 3.05) is 0 Å². The molecule has 2 heterocycles. The van der Waals surface area contributed by atoms with Gasteiger partial charge in [0.1, 0.15) is 0 Å². The summed E-state index contributed by atoms with van der Waals surface area (Å²) >= 11 is 0. The van der Waals surface area contributed by atoms with Crippen molar-refractivity contribution in [1.82, 2.24) is 20.6 Å². The van der Waals surface area contributed by atoms with Crippen LogP contribution in [0.2, 0.25) is 0 Å². The maximum Gasteiger partial charge on any atom is 0.252 e. The van der Waals surface area contributed by atoms with Crippen LogP contribution < -0.4 is 10.6 Å². The molecule has 2 aliphatic rings. The van der Waals surface area contributed by atoms with Crippen LogP contribution in [-0.4, -0.2) is 33.9 Å². The van der Waals surface area contributed by atoms with Crippen LogP contribution in [0.25, 0.3) is 44.3 Å². The summed E-state index contributed by atoms with van der Waals surface area (Å²) in [5, 5.41) is 8.60. The summed E-state index contributed by atoms with van der Waals surface area (Å²) in [4.78, 5) is 37.4. The van der Waals surface area contributed by atoms with Crippen molar-refractivity contribution in [3.8, 4) is 22.5 Å². The summed E-state index contributed by atoms with van der Waals surface area (Å²) in [7, 11) is 0. The van der Waals surface area contributed by atoms with Gasteiger partial charge >= 0.3 is 0 Å². The third-order valence-electron chi connectivity index (χ3n) is 12.3. The molecule has 0 aliphatic heterocycles. The van der Waals surface area contributed by atoms with Gasteiger partial charge in [0.15, 0.2) is 0 Å². The maximum absolute atomic E-state index is 13.8. The van der Waals surface area contributed by atoms with E-state index in [4.69, 9.17) is 9.97 Å². The van der Waals surface area contributed by atoms with Crippen LogP contribution in [0, 0.1) is 11.8 Å². The Kier molecular flexibility index (Phi) is 11.0. The predicted molar refractivity (Wildman–Crippen MR) is 224 cm³/mol. The molecule has 0 radical (unpaired) electrons. The second-order valence-corrected chi connectivity index (χ2v) is 15.9. The van der Waals surface area contributed by atoms with Crippen LogP contribution >= 0.6 is 0 Å². The highest BCUT2D eigenvalue weighted by Crippen LogP contribution is 2.36. The number of nitrogens with zero attached hydrogens (tertiary/aromatic N) is 2. The van der Waals surface area contributed by atoms with Crippen molar-refractivity contribution in [3.63, 3.8) is 0 Å². The van der Waals surface area contributed by atoms with Crippen LogP contribution in [0.1, 0.15) is 103 Å². The van der Waals surface area contributed by atoms with Crippen molar-refractivity contribution >= 4 is 33.6 Å². The van der Waals surface area contributed by atoms with Crippen molar-refractivity contribution in [2.24, 2.45) is 11.8 Å². The van der Waals surface area contributed by atoms with E-state index in [2.05, 4.69) is 73.0 Å². The molecule has 0 unspecified atom stereocenters. The average molecular weight is 729 g/mol. The van der Waals surface area contributed by atoms with Gasteiger partial charge in [-0.15, -0.1) is 0 Å². The van der Waals surface area contributed by atoms with Crippen LogP contribution in [0.3, 0.4) is 0 Å². The number of amides is 2. The molecule has 2 saturated carbocycles. The lowest BCUT2D eigenvalue weighted by Gasteiger charge is -2.34. The minimum absolute atomic E-state index is 0.00420. The molecule has 2 aliphatic carbocycles. The Hall–Kier alpha value is -5.36. The number of pyridine rings is 2. The molecule has 0 saturated heterocycles. The number of carbonyl (C=O) groups excluding carboxylic acids is 2. The van der Waals surface area contributed by atoms with E-state index in [0.29, 0.717) is 23.0 Å². The number of benzene rings is 4. The van der Waals surface area contributed by atoms with E-state index < -0.39 is 0 Å². The Bertz CT molecular complexity index is 2120. The number of hydrogen-bond acceptors (Lipinski definition) is 4. The third-order valence-corrected chi connectivity index (χ3v) is 12.3. The van der Waals surface area contributed by atoms with Gasteiger partial charge in [-0.3, -0.25) is 9.59 Å². The Morgan fingerprint density at radius 1 is 0.527 bits per heavy atom. The molecular formula is C49H52N4O2. The molecule has 2 fully saturated rings. The molecule has 280 valence electrons. The monoisotopic (exact) mass is 728 g/mol. The smallest absolute Gasteiger partial charge is 0.252 e. The fourth-order valence-corrected chi connectivity index (χ4v) is 8.93. The lowest BCUT2D eigenvalue weighted by molar-refractivity contribution is 0.0919. The predicted octanol–water partition coefficient (Wildman–Crippen LogP) is 10.9. The highest BCUT2D eigenvalue weighted by molar-refractivity contribution is 6.08. The van der Waals surface area contributed by atoms with Gasteiger partial charge in [-0.25, -0.2) is 9.97 Å². The van der Waals surface area contributed by atoms with Crippen LogP contribution in [0.15, 0.2) is 109 Å². The Morgan fingerprint density at radius 3 is 1.29 bits per heavy atom. The van der Waals surface area contributed by atoms with E-state index in [-0.39, 0.29) is 23.9 Å². The second kappa shape index (κ2) is 16.6. The Morgan fingerprint density at radius 2 is 0.909 bits per heavy atom. The number of para-hydroxylation sites is 2. The number of rotatable bonds is 10. The summed E-state index contributed by atoms with van der Waals surface area (Å²) in [6.07, 6.45) is 11.9. The maximum atomic E-state index is 13.8. The fraction of sp³-hybridized carbons (Fsp3) is 0.347. The highest BCUT2D eigenvalue weighted by Gasteiger charge is 2.29. The summed E-state index contributed by atoms with van der Waals surface area (Å²) in [5.74, 6) is 1.37. The molecule has 4 aromatic carbocycles. The number of aromatic nitrogens is 2. The Balaban J connectivity index is 0.840. The molecular weight excluding hydrogens is 677 g/mol. The van der Waals surface area contributed by atoms with E-state index in [1.807, 2.05) is 60.7 Å². The van der Waals surface area contributed by atoms with Gasteiger partial charge in [-0.2, -0.15) is 0 Å². The molecule has 6 nitrogen and oxygen atoms in total. The number of fused-ring (bicyclic) bond motifs is 2. The summed E-state index contributed by atoms with van der Waals surface area (Å²) in [5.41, 5.74) is 9.37. The highest BCUT2D eigenvalue weighted by atomic mass is 16.2. The fourth-order valence-electron chi connectivity index (χ4n) is 8.93. The number of aryl methyl sites for hydroxylation is 2. The first-order valence-electron chi connectivity index (χ1n) is 20.5. The van der Waals surface area contributed by atoms with E-state index in [0.717, 1.165) is 109 Å². The standard InChI is InChI=1S/C49H52N4O2/c1-3-32-13-21-36(22-14-32)46-30-42(40-9-5-7-11-44(40)52-46)48(54)50-38-25-17-34(18-26-38)29-35-19-27-39(28-20-35)51-49(55)43-31-47(37-23-15-33(4-2)16-24-37)53-45-12-8-6-10-41(43)45/h5-16,21-24,30-31,34-35,38-39H,3-4,17-20,25-29H2,1-2H3,(H,50,54)(H,51,55). The van der Waals surface area contributed by atoms with Crippen molar-refractivity contribution in [2.45, 2.75) is 96.6 Å². The summed E-state index contributed by atoms with van der Waals surface area (Å²) in [6.45, 7) is 4.31. The van der Waals surface area contributed by atoms with Gasteiger partial charge in [0.05, 0.1) is 33.5 Å². The van der Waals surface area contributed by atoms with Gasteiger partial charge in [-0.05, 0) is 118 Å². The van der Waals surface area contributed by atoms with Crippen molar-refractivity contribution in [3.05, 3.63) is 131 Å². The molecule has 55 heavy (non-hydrogen) atoms. The molecule has 0 bridgehead atoms. The topological polar surface area (TPSA) is 84.0 Å². The molecule has 0 spiro atoms. The SMILES string of the molecule is CCc1ccc(-c2cc(C(=O)NC3CCC(CC4CCC(NC(=O)c5cc(-c6ccc(CC)cc6)nc6ccccc56)CC4)CC3)c3ccccc3n2)cc1. The average Bonchev–Trinajstić information content (AvgIpc) is 3.24. The lowest BCUT2D eigenvalue weighted by atomic mass is 9.75. The molecule has 6 aromatic rings. The van der Waals surface area contributed by atoms with Gasteiger partial charge in [0.25, 0.3) is 11.8 Å². The van der Waals surface area contributed by atoms with Crippen molar-refractivity contribution in [1.29, 1.82) is 0 Å². The minimum atomic E-state index is -0.00420. The minimum Gasteiger partial charge on any atom is -0.349 e. The zero-order chi connectivity index (χ0) is 37.7. The first-order valence-corrected chi connectivity index (χ1v) is 20.5. The number of hydrogen-bond donors (Lipinski definition) is 2. The van der Waals surface area contributed by atoms with E-state index >= 15 is 0 Å². The van der Waals surface area contributed by atoms with E-state index in [1.165, 1.54) is 17.5 Å². The summed E-state index contributed by atoms with van der Waals surface area (Å²) < 4.78 is 0. The second-order valence-electron chi connectivity index (χ2n) is 15.9. The lowest BCUT2D eigenvalue weighted by Crippen LogP contribution is -2.39. The molecule has 2 aromatic heterocycles. The van der Waals surface area contributed by atoms with E-state index in [9.17, 15) is 9.59 Å². The molecule has 2 N–H and O–H groups in total. The number of nitrogens with one attached hydrogen (secondary N) is 2. The quantitative estimate of drug-likeness (QED) is 0.147. The van der Waals surface area contributed by atoms with Gasteiger partial charge in [-0.1, -0.05) is 98.8 Å². The summed E-state index contributed by atoms with van der Waals surface area (Å²) in [6, 6.07) is 37.2. The van der Waals surface area contributed by atoms with Crippen LogP contribution in [0.5, 0.6) is 0 Å². The first-order chi connectivity index (χ1) is 26.9. The zero-order valence-electron chi connectivity index (χ0n) is 32.2. The molecule has 8 rings (SSSR count). The third kappa shape index (κ3) is 8.34. The Labute approximate surface area is 325 Å².